The van der Waals surface area contributed by atoms with Crippen molar-refractivity contribution in [2.45, 2.75) is 57.9 Å². The lowest BCUT2D eigenvalue weighted by Crippen LogP contribution is -2.50. The Kier molecular flexibility index (Phi) is 6.88. The van der Waals surface area contributed by atoms with E-state index in [-0.39, 0.29) is 43.7 Å². The van der Waals surface area contributed by atoms with Crippen molar-refractivity contribution >= 4 is 18.0 Å². The molecular weight excluding hydrogens is 444 g/mol. The zero-order valence-electron chi connectivity index (χ0n) is 20.6. The fourth-order valence-electron chi connectivity index (χ4n) is 5.15. The molecule has 1 fully saturated rings. The van der Waals surface area contributed by atoms with Gasteiger partial charge in [-0.25, -0.2) is 4.79 Å². The Hall–Kier alpha value is -3.35. The van der Waals surface area contributed by atoms with Gasteiger partial charge in [0.1, 0.15) is 6.61 Å². The van der Waals surface area contributed by atoms with Crippen LogP contribution in [0.4, 0.5) is 4.79 Å². The van der Waals surface area contributed by atoms with E-state index in [4.69, 9.17) is 4.74 Å². The van der Waals surface area contributed by atoms with Crippen molar-refractivity contribution in [3.05, 3.63) is 59.7 Å². The van der Waals surface area contributed by atoms with Crippen molar-refractivity contribution in [3.8, 4) is 11.1 Å². The number of carbonyl (C=O) groups excluding carboxylic acids is 2. The number of aliphatic carboxylic acids is 1. The van der Waals surface area contributed by atoms with Crippen LogP contribution in [0.1, 0.15) is 63.5 Å². The van der Waals surface area contributed by atoms with Crippen LogP contribution in [-0.2, 0) is 14.3 Å². The van der Waals surface area contributed by atoms with Crippen molar-refractivity contribution in [1.29, 1.82) is 0 Å². The Morgan fingerprint density at radius 3 is 2.06 bits per heavy atom. The summed E-state index contributed by atoms with van der Waals surface area (Å²) < 4.78 is 5.59. The number of ether oxygens (including phenoxy) is 1. The van der Waals surface area contributed by atoms with Gasteiger partial charge in [0, 0.05) is 18.9 Å². The van der Waals surface area contributed by atoms with Gasteiger partial charge in [-0.2, -0.15) is 0 Å². The summed E-state index contributed by atoms with van der Waals surface area (Å²) in [7, 11) is 0. The molecule has 2 aliphatic carbocycles. The van der Waals surface area contributed by atoms with E-state index in [0.717, 1.165) is 24.0 Å². The largest absolute Gasteiger partial charge is 0.481 e. The number of amides is 2. The smallest absolute Gasteiger partial charge is 0.407 e. The molecule has 0 saturated heterocycles. The van der Waals surface area contributed by atoms with Crippen molar-refractivity contribution in [1.82, 2.24) is 10.6 Å². The lowest BCUT2D eigenvalue weighted by atomic mass is 9.86. The number of nitrogens with one attached hydrogen (secondary N) is 2. The number of carboxylic acid groups (broad SMARTS) is 1. The van der Waals surface area contributed by atoms with Crippen molar-refractivity contribution in [2.75, 3.05) is 13.2 Å². The van der Waals surface area contributed by atoms with E-state index >= 15 is 0 Å². The van der Waals surface area contributed by atoms with Crippen LogP contribution in [0, 0.1) is 11.3 Å². The topological polar surface area (TPSA) is 105 Å². The number of carbonyl (C=O) groups is 3. The Morgan fingerprint density at radius 1 is 0.943 bits per heavy atom. The fourth-order valence-corrected chi connectivity index (χ4v) is 5.15. The molecule has 7 nitrogen and oxygen atoms in total. The average molecular weight is 479 g/mol. The van der Waals surface area contributed by atoms with E-state index in [1.807, 2.05) is 38.1 Å². The highest BCUT2D eigenvalue weighted by atomic mass is 16.5. The van der Waals surface area contributed by atoms with Gasteiger partial charge in [-0.05, 0) is 53.4 Å². The molecule has 0 spiro atoms. The van der Waals surface area contributed by atoms with Crippen LogP contribution in [0.2, 0.25) is 0 Å². The second-order valence-corrected chi connectivity index (χ2v) is 10.8. The number of benzene rings is 2. The van der Waals surface area contributed by atoms with Crippen LogP contribution in [0.3, 0.4) is 0 Å². The van der Waals surface area contributed by atoms with Gasteiger partial charge in [0.25, 0.3) is 0 Å². The molecule has 2 amide bonds. The molecule has 0 heterocycles. The minimum absolute atomic E-state index is 0.0127. The minimum atomic E-state index is -0.920. The Morgan fingerprint density at radius 2 is 1.51 bits per heavy atom. The van der Waals surface area contributed by atoms with Gasteiger partial charge >= 0.3 is 12.1 Å². The molecule has 2 aromatic carbocycles. The van der Waals surface area contributed by atoms with Crippen LogP contribution in [0.25, 0.3) is 11.1 Å². The fraction of sp³-hybridized carbons (Fsp3) is 0.464. The Balaban J connectivity index is 1.28. The molecule has 186 valence electrons. The van der Waals surface area contributed by atoms with E-state index in [9.17, 15) is 19.5 Å². The van der Waals surface area contributed by atoms with Crippen LogP contribution in [-0.4, -0.2) is 41.8 Å². The summed E-state index contributed by atoms with van der Waals surface area (Å²) >= 11 is 0. The molecule has 7 heteroatoms. The van der Waals surface area contributed by atoms with Gasteiger partial charge in [-0.1, -0.05) is 62.4 Å². The third kappa shape index (κ3) is 5.84. The first-order valence-electron chi connectivity index (χ1n) is 12.2. The van der Waals surface area contributed by atoms with Gasteiger partial charge < -0.3 is 20.5 Å². The second kappa shape index (κ2) is 9.72. The number of carboxylic acids is 1. The molecule has 0 radical (unpaired) electrons. The van der Waals surface area contributed by atoms with Crippen LogP contribution in [0.15, 0.2) is 48.5 Å². The van der Waals surface area contributed by atoms with E-state index in [2.05, 4.69) is 34.9 Å². The summed E-state index contributed by atoms with van der Waals surface area (Å²) in [6.07, 6.45) is 1.41. The minimum Gasteiger partial charge on any atom is -0.481 e. The zero-order chi connectivity index (χ0) is 25.2. The number of hydrogen-bond donors (Lipinski definition) is 3. The second-order valence-electron chi connectivity index (χ2n) is 10.8. The van der Waals surface area contributed by atoms with Crippen LogP contribution in [0.5, 0.6) is 0 Å². The molecule has 1 atom stereocenters. The highest BCUT2D eigenvalue weighted by molar-refractivity contribution is 5.80. The Labute approximate surface area is 206 Å². The third-order valence-corrected chi connectivity index (χ3v) is 7.12. The first-order valence-corrected chi connectivity index (χ1v) is 12.2. The predicted octanol–water partition coefficient (Wildman–Crippen LogP) is 4.70. The van der Waals surface area contributed by atoms with Gasteiger partial charge in [0.2, 0.25) is 5.91 Å². The lowest BCUT2D eigenvalue weighted by molar-refractivity contribution is -0.139. The number of alkyl carbamates (subject to hydrolysis) is 1. The van der Waals surface area contributed by atoms with E-state index in [0.29, 0.717) is 0 Å². The quantitative estimate of drug-likeness (QED) is 0.459. The summed E-state index contributed by atoms with van der Waals surface area (Å²) in [6.45, 7) is 6.08. The summed E-state index contributed by atoms with van der Waals surface area (Å²) in [5.41, 5.74) is 3.38. The lowest BCUT2D eigenvalue weighted by Gasteiger charge is -2.32. The molecule has 0 aliphatic heterocycles. The normalized spacial score (nSPS) is 16.5. The van der Waals surface area contributed by atoms with Gasteiger partial charge in [0.05, 0.1) is 12.0 Å². The van der Waals surface area contributed by atoms with E-state index in [1.54, 1.807) is 6.92 Å². The molecule has 3 N–H and O–H groups in total. The molecule has 1 unspecified atom stereocenters. The van der Waals surface area contributed by atoms with Crippen molar-refractivity contribution in [2.24, 2.45) is 11.3 Å². The first kappa shape index (κ1) is 24.8. The summed E-state index contributed by atoms with van der Waals surface area (Å²) in [6, 6.07) is 16.3. The van der Waals surface area contributed by atoms with E-state index < -0.39 is 23.0 Å². The molecule has 35 heavy (non-hydrogen) atoms. The maximum absolute atomic E-state index is 12.7. The standard InChI is InChI=1S/C28H34N2O5/c1-27(2,14-24(31)30-28(3,15-25(32)33)18-12-13-18)17-29-26(34)35-16-23-21-10-6-4-8-19(21)20-9-5-7-11-22(20)23/h4-11,18,23H,12-17H2,1-3H3,(H,29,34)(H,30,31)(H,32,33). The number of rotatable bonds is 10. The highest BCUT2D eigenvalue weighted by Gasteiger charge is 2.44. The first-order chi connectivity index (χ1) is 16.6. The van der Waals surface area contributed by atoms with Crippen molar-refractivity contribution in [3.63, 3.8) is 0 Å². The Bertz CT molecular complexity index is 1080. The van der Waals surface area contributed by atoms with E-state index in [1.165, 1.54) is 11.1 Å². The zero-order valence-corrected chi connectivity index (χ0v) is 20.6. The molecule has 0 bridgehead atoms. The van der Waals surface area contributed by atoms with Crippen LogP contribution < -0.4 is 10.6 Å². The molecule has 2 aliphatic rings. The maximum atomic E-state index is 12.7. The van der Waals surface area contributed by atoms with Crippen LogP contribution >= 0.6 is 0 Å². The summed E-state index contributed by atoms with van der Waals surface area (Å²) in [5.74, 6) is -0.943. The molecule has 2 aromatic rings. The number of hydrogen-bond acceptors (Lipinski definition) is 4. The monoisotopic (exact) mass is 478 g/mol. The summed E-state index contributed by atoms with van der Waals surface area (Å²) in [5, 5.41) is 15.0. The highest BCUT2D eigenvalue weighted by Crippen LogP contribution is 2.44. The third-order valence-electron chi connectivity index (χ3n) is 7.12. The van der Waals surface area contributed by atoms with Gasteiger partial charge in [-0.15, -0.1) is 0 Å². The molecule has 1 saturated carbocycles. The average Bonchev–Trinajstić information content (AvgIpc) is 3.60. The van der Waals surface area contributed by atoms with Crippen molar-refractivity contribution < 1.29 is 24.2 Å². The number of fused-ring (bicyclic) bond motifs is 3. The molecule has 0 aromatic heterocycles. The molecular formula is C28H34N2O5. The summed E-state index contributed by atoms with van der Waals surface area (Å²) in [4.78, 5) is 36.5. The predicted molar refractivity (Wildman–Crippen MR) is 133 cm³/mol. The van der Waals surface area contributed by atoms with Gasteiger partial charge in [-0.3, -0.25) is 9.59 Å². The maximum Gasteiger partial charge on any atom is 0.407 e. The SMILES string of the molecule is CC(C)(CNC(=O)OCC1c2ccccc2-c2ccccc21)CC(=O)NC(C)(CC(=O)O)C1CC1. The van der Waals surface area contributed by atoms with Gasteiger partial charge in [0.15, 0.2) is 0 Å². The molecule has 4 rings (SSSR count).